The van der Waals surface area contributed by atoms with Gasteiger partial charge in [-0.25, -0.2) is 4.98 Å². The molecule has 3 heteroatoms. The minimum absolute atomic E-state index is 0.474. The lowest BCUT2D eigenvalue weighted by Gasteiger charge is -2.11. The van der Waals surface area contributed by atoms with Gasteiger partial charge < -0.3 is 4.84 Å². The average Bonchev–Trinajstić information content (AvgIpc) is 3.22. The fourth-order valence-electron chi connectivity index (χ4n) is 4.22. The number of nitrogens with zero attached hydrogens (tertiary/aromatic N) is 2. The van der Waals surface area contributed by atoms with E-state index in [4.69, 9.17) is 9.82 Å². The number of hydrogen-bond acceptors (Lipinski definition) is 2. The first kappa shape index (κ1) is 17.7. The van der Waals surface area contributed by atoms with E-state index in [-0.39, 0.29) is 0 Å². The molecule has 0 unspecified atom stereocenters. The Morgan fingerprint density at radius 3 is 2.16 bits per heavy atom. The first-order valence-corrected chi connectivity index (χ1v) is 10.4. The van der Waals surface area contributed by atoms with E-state index in [9.17, 15) is 0 Å². The van der Waals surface area contributed by atoms with E-state index in [2.05, 4.69) is 72.8 Å². The summed E-state index contributed by atoms with van der Waals surface area (Å²) in [6, 6.07) is 37.6. The highest BCUT2D eigenvalue weighted by molar-refractivity contribution is 6.16. The Labute approximate surface area is 180 Å². The van der Waals surface area contributed by atoms with E-state index >= 15 is 0 Å². The van der Waals surface area contributed by atoms with Crippen LogP contribution >= 0.6 is 0 Å². The molecule has 0 fully saturated rings. The number of aromatic nitrogens is 2. The molecule has 0 amide bonds. The van der Waals surface area contributed by atoms with Crippen LogP contribution in [0.25, 0.3) is 44.0 Å². The van der Waals surface area contributed by atoms with Crippen LogP contribution in [0.15, 0.2) is 109 Å². The molecule has 1 heterocycles. The first-order chi connectivity index (χ1) is 15.4. The molecule has 31 heavy (non-hydrogen) atoms. The van der Waals surface area contributed by atoms with Crippen LogP contribution in [0, 0.1) is 0 Å². The van der Waals surface area contributed by atoms with E-state index < -0.39 is 0 Å². The van der Waals surface area contributed by atoms with Gasteiger partial charge in [0.2, 0.25) is 0 Å². The topological polar surface area (TPSA) is 27.1 Å². The van der Waals surface area contributed by atoms with Crippen molar-refractivity contribution in [3.63, 3.8) is 0 Å². The molecule has 0 radical (unpaired) electrons. The lowest BCUT2D eigenvalue weighted by Crippen LogP contribution is -2.12. The third-order valence-electron chi connectivity index (χ3n) is 5.74. The molecule has 0 aliphatic heterocycles. The summed E-state index contributed by atoms with van der Waals surface area (Å²) in [5.74, 6) is 0.812. The van der Waals surface area contributed by atoms with E-state index in [1.807, 2.05) is 41.1 Å². The van der Waals surface area contributed by atoms with Crippen LogP contribution in [0.2, 0.25) is 0 Å². The Morgan fingerprint density at radius 1 is 0.613 bits per heavy atom. The van der Waals surface area contributed by atoms with Crippen LogP contribution in [0.3, 0.4) is 0 Å². The molecule has 0 saturated carbocycles. The van der Waals surface area contributed by atoms with Crippen LogP contribution in [-0.2, 0) is 6.61 Å². The molecule has 0 aliphatic rings. The van der Waals surface area contributed by atoms with Gasteiger partial charge in [-0.05, 0) is 27.8 Å². The highest BCUT2D eigenvalue weighted by Crippen LogP contribution is 2.33. The SMILES string of the molecule is c1ccc(COn2c(-c3ccccc3)nc3c4ccc5ccccc5c4ccc32)cc1. The Kier molecular flexibility index (Phi) is 4.17. The minimum Gasteiger partial charge on any atom is -0.407 e. The van der Waals surface area contributed by atoms with Crippen molar-refractivity contribution in [2.75, 3.05) is 0 Å². The van der Waals surface area contributed by atoms with Crippen molar-refractivity contribution >= 4 is 32.6 Å². The maximum atomic E-state index is 6.32. The molecule has 0 saturated heterocycles. The molecular weight excluding hydrogens is 380 g/mol. The molecule has 0 bridgehead atoms. The zero-order valence-corrected chi connectivity index (χ0v) is 16.9. The molecule has 1 aromatic heterocycles. The van der Waals surface area contributed by atoms with Crippen molar-refractivity contribution in [2.45, 2.75) is 6.61 Å². The van der Waals surface area contributed by atoms with Crippen LogP contribution in [0.1, 0.15) is 5.56 Å². The van der Waals surface area contributed by atoms with Crippen molar-refractivity contribution < 1.29 is 4.84 Å². The van der Waals surface area contributed by atoms with Gasteiger partial charge in [0.05, 0.1) is 0 Å². The number of imidazole rings is 1. The third-order valence-corrected chi connectivity index (χ3v) is 5.74. The molecule has 0 atom stereocenters. The molecule has 148 valence electrons. The number of rotatable bonds is 4. The summed E-state index contributed by atoms with van der Waals surface area (Å²) in [5.41, 5.74) is 4.07. The van der Waals surface area contributed by atoms with Crippen molar-refractivity contribution in [3.8, 4) is 11.4 Å². The van der Waals surface area contributed by atoms with Crippen LogP contribution in [0.5, 0.6) is 0 Å². The molecule has 6 rings (SSSR count). The highest BCUT2D eigenvalue weighted by Gasteiger charge is 2.17. The fraction of sp³-hybridized carbons (Fsp3) is 0.0357. The summed E-state index contributed by atoms with van der Waals surface area (Å²) in [6.45, 7) is 0.474. The highest BCUT2D eigenvalue weighted by atomic mass is 16.7. The summed E-state index contributed by atoms with van der Waals surface area (Å²) in [5, 5.41) is 4.81. The maximum Gasteiger partial charge on any atom is 0.176 e. The fourth-order valence-corrected chi connectivity index (χ4v) is 4.22. The Balaban J connectivity index is 1.58. The number of benzene rings is 5. The van der Waals surface area contributed by atoms with Gasteiger partial charge in [-0.3, -0.25) is 0 Å². The van der Waals surface area contributed by atoms with Gasteiger partial charge in [-0.2, -0.15) is 4.73 Å². The van der Waals surface area contributed by atoms with Crippen molar-refractivity contribution in [2.24, 2.45) is 0 Å². The minimum atomic E-state index is 0.474. The molecule has 0 N–H and O–H groups in total. The third kappa shape index (κ3) is 3.03. The second-order valence-corrected chi connectivity index (χ2v) is 7.67. The molecule has 3 nitrogen and oxygen atoms in total. The zero-order chi connectivity index (χ0) is 20.6. The van der Waals surface area contributed by atoms with Crippen molar-refractivity contribution in [1.29, 1.82) is 0 Å². The molecule has 0 spiro atoms. The monoisotopic (exact) mass is 400 g/mol. The van der Waals surface area contributed by atoms with Crippen molar-refractivity contribution in [3.05, 3.63) is 115 Å². The Morgan fingerprint density at radius 2 is 1.32 bits per heavy atom. The molecular formula is C28H20N2O. The van der Waals surface area contributed by atoms with Gasteiger partial charge in [0.15, 0.2) is 5.82 Å². The molecule has 5 aromatic carbocycles. The van der Waals surface area contributed by atoms with Gasteiger partial charge in [0.25, 0.3) is 0 Å². The van der Waals surface area contributed by atoms with Gasteiger partial charge in [-0.1, -0.05) is 103 Å². The van der Waals surface area contributed by atoms with E-state index in [0.29, 0.717) is 6.61 Å². The van der Waals surface area contributed by atoms with Gasteiger partial charge in [0, 0.05) is 10.9 Å². The quantitative estimate of drug-likeness (QED) is 0.310. The van der Waals surface area contributed by atoms with Crippen LogP contribution in [-0.4, -0.2) is 9.71 Å². The van der Waals surface area contributed by atoms with Gasteiger partial charge >= 0.3 is 0 Å². The van der Waals surface area contributed by atoms with Gasteiger partial charge in [0.1, 0.15) is 17.6 Å². The summed E-state index contributed by atoms with van der Waals surface area (Å²) in [6.07, 6.45) is 0. The Hall–Kier alpha value is -4.11. The largest absolute Gasteiger partial charge is 0.407 e. The predicted molar refractivity (Wildman–Crippen MR) is 127 cm³/mol. The average molecular weight is 400 g/mol. The zero-order valence-electron chi connectivity index (χ0n) is 16.9. The summed E-state index contributed by atoms with van der Waals surface area (Å²) in [4.78, 5) is 11.4. The molecule has 0 aliphatic carbocycles. The van der Waals surface area contributed by atoms with Gasteiger partial charge in [-0.15, -0.1) is 0 Å². The number of fused-ring (bicyclic) bond motifs is 5. The predicted octanol–water partition coefficient (Wildman–Crippen LogP) is 6.64. The van der Waals surface area contributed by atoms with E-state index in [1.54, 1.807) is 0 Å². The Bertz CT molecular complexity index is 1520. The lowest BCUT2D eigenvalue weighted by atomic mass is 10.0. The first-order valence-electron chi connectivity index (χ1n) is 10.4. The summed E-state index contributed by atoms with van der Waals surface area (Å²) >= 11 is 0. The summed E-state index contributed by atoms with van der Waals surface area (Å²) < 4.78 is 1.88. The molecule has 6 aromatic rings. The maximum absolute atomic E-state index is 6.32. The van der Waals surface area contributed by atoms with Crippen LogP contribution < -0.4 is 4.84 Å². The lowest BCUT2D eigenvalue weighted by molar-refractivity contribution is 0.110. The normalized spacial score (nSPS) is 11.4. The van der Waals surface area contributed by atoms with Crippen molar-refractivity contribution in [1.82, 2.24) is 9.71 Å². The van der Waals surface area contributed by atoms with E-state index in [1.165, 1.54) is 16.2 Å². The standard InChI is InChI=1S/C28H20N2O/c1-3-9-20(10-4-1)19-31-30-26-18-17-24-23-14-8-7-11-21(23)15-16-25(24)27(26)29-28(30)22-12-5-2-6-13-22/h1-18H,19H2. The number of hydrogen-bond donors (Lipinski definition) is 0. The van der Waals surface area contributed by atoms with E-state index in [0.717, 1.165) is 33.4 Å². The smallest absolute Gasteiger partial charge is 0.176 e. The summed E-state index contributed by atoms with van der Waals surface area (Å²) in [7, 11) is 0. The second-order valence-electron chi connectivity index (χ2n) is 7.67. The second kappa shape index (κ2) is 7.29. The van der Waals surface area contributed by atoms with Crippen LogP contribution in [0.4, 0.5) is 0 Å².